The monoisotopic (exact) mass is 330 g/mol. The van der Waals surface area contributed by atoms with Gasteiger partial charge in [0.15, 0.2) is 0 Å². The van der Waals surface area contributed by atoms with Crippen LogP contribution < -0.4 is 15.4 Å². The largest absolute Gasteiger partial charge is 0.497 e. The lowest BCUT2D eigenvalue weighted by Gasteiger charge is -2.12. The lowest BCUT2D eigenvalue weighted by molar-refractivity contribution is 0.185. The summed E-state index contributed by atoms with van der Waals surface area (Å²) in [5, 5.41) is 10.2. The van der Waals surface area contributed by atoms with Crippen LogP contribution in [0.2, 0.25) is 0 Å². The quantitative estimate of drug-likeness (QED) is 0.882. The van der Waals surface area contributed by atoms with Crippen molar-refractivity contribution in [1.82, 2.24) is 15.1 Å². The van der Waals surface area contributed by atoms with Gasteiger partial charge >= 0.3 is 6.03 Å². The number of ether oxygens (including phenoxy) is 2. The van der Waals surface area contributed by atoms with Gasteiger partial charge in [0.05, 0.1) is 25.1 Å². The van der Waals surface area contributed by atoms with Crippen molar-refractivity contribution >= 4 is 11.8 Å². The summed E-state index contributed by atoms with van der Waals surface area (Å²) in [6.07, 6.45) is 0.989. The molecule has 7 nitrogen and oxygen atoms in total. The summed E-state index contributed by atoms with van der Waals surface area (Å²) in [6.45, 7) is 3.99. The van der Waals surface area contributed by atoms with Crippen LogP contribution >= 0.6 is 0 Å². The minimum atomic E-state index is -0.239. The summed E-state index contributed by atoms with van der Waals surface area (Å²) in [4.78, 5) is 12.1. The van der Waals surface area contributed by atoms with Crippen molar-refractivity contribution in [3.05, 3.63) is 36.0 Å². The molecule has 0 spiro atoms. The molecule has 1 aromatic carbocycles. The van der Waals surface area contributed by atoms with Gasteiger partial charge in [0.25, 0.3) is 0 Å². The lowest BCUT2D eigenvalue weighted by Crippen LogP contribution is -2.33. The number of methoxy groups -OCH3 is 1. The number of nitrogens with one attached hydrogen (secondary N) is 2. The van der Waals surface area contributed by atoms with E-state index in [9.17, 15) is 4.79 Å². The van der Waals surface area contributed by atoms with Crippen LogP contribution in [-0.4, -0.2) is 42.7 Å². The van der Waals surface area contributed by atoms with E-state index in [1.54, 1.807) is 11.8 Å². The average Bonchev–Trinajstić information content (AvgIpc) is 3.23. The molecule has 2 N–H and O–H groups in total. The molecule has 7 heteroatoms. The van der Waals surface area contributed by atoms with Crippen LogP contribution in [0.4, 0.5) is 10.6 Å². The van der Waals surface area contributed by atoms with Crippen molar-refractivity contribution in [1.29, 1.82) is 0 Å². The van der Waals surface area contributed by atoms with E-state index < -0.39 is 0 Å². The first-order valence-corrected chi connectivity index (χ1v) is 7.99. The molecule has 0 saturated carbocycles. The zero-order valence-electron chi connectivity index (χ0n) is 13.9. The smallest absolute Gasteiger partial charge is 0.320 e. The highest BCUT2D eigenvalue weighted by atomic mass is 16.5. The van der Waals surface area contributed by atoms with Gasteiger partial charge in [0.2, 0.25) is 0 Å². The minimum absolute atomic E-state index is 0.239. The zero-order chi connectivity index (χ0) is 16.9. The molecule has 128 valence electrons. The van der Waals surface area contributed by atoms with Gasteiger partial charge in [-0.1, -0.05) is 0 Å². The number of aromatic nitrogens is 2. The number of anilines is 1. The van der Waals surface area contributed by atoms with Gasteiger partial charge in [-0.3, -0.25) is 5.32 Å². The lowest BCUT2D eigenvalue weighted by atomic mass is 10.1. The number of aryl methyl sites for hydroxylation is 1. The molecule has 2 heterocycles. The third-order valence-electron chi connectivity index (χ3n) is 3.97. The second-order valence-corrected chi connectivity index (χ2v) is 5.85. The van der Waals surface area contributed by atoms with Crippen molar-refractivity contribution in [2.75, 3.05) is 32.2 Å². The maximum absolute atomic E-state index is 12.1. The molecule has 1 atom stereocenters. The Morgan fingerprint density at radius 3 is 2.88 bits per heavy atom. The SMILES string of the molecule is COc1ccc(-n2nc(C)cc2NC(=O)NCC2CCOC2)cc1. The van der Waals surface area contributed by atoms with Crippen molar-refractivity contribution in [2.45, 2.75) is 13.3 Å². The minimum Gasteiger partial charge on any atom is -0.497 e. The number of carbonyl (C=O) groups excluding carboxylic acids is 1. The standard InChI is InChI=1S/C17H22N4O3/c1-12-9-16(19-17(22)18-10-13-7-8-24-11-13)21(20-12)14-3-5-15(23-2)6-4-14/h3-6,9,13H,7-8,10-11H2,1-2H3,(H2,18,19,22). The van der Waals surface area contributed by atoms with E-state index in [0.29, 0.717) is 24.9 Å². The Morgan fingerprint density at radius 1 is 1.42 bits per heavy atom. The summed E-state index contributed by atoms with van der Waals surface area (Å²) >= 11 is 0. The molecule has 1 aliphatic heterocycles. The predicted octanol–water partition coefficient (Wildman–Crippen LogP) is 2.35. The Bertz CT molecular complexity index is 690. The zero-order valence-corrected chi connectivity index (χ0v) is 13.9. The Morgan fingerprint density at radius 2 is 2.21 bits per heavy atom. The summed E-state index contributed by atoms with van der Waals surface area (Å²) in [5.41, 5.74) is 1.67. The van der Waals surface area contributed by atoms with Crippen LogP contribution in [0.25, 0.3) is 5.69 Å². The number of hydrogen-bond donors (Lipinski definition) is 2. The fourth-order valence-corrected chi connectivity index (χ4v) is 2.65. The Labute approximate surface area is 140 Å². The molecular weight excluding hydrogens is 308 g/mol. The number of amides is 2. The number of benzene rings is 1. The highest BCUT2D eigenvalue weighted by molar-refractivity contribution is 5.88. The molecule has 1 aliphatic rings. The van der Waals surface area contributed by atoms with Crippen LogP contribution in [0.15, 0.2) is 30.3 Å². The van der Waals surface area contributed by atoms with Gasteiger partial charge in [-0.2, -0.15) is 5.10 Å². The Hall–Kier alpha value is -2.54. The summed E-state index contributed by atoms with van der Waals surface area (Å²) in [5.74, 6) is 1.79. The first-order valence-electron chi connectivity index (χ1n) is 7.99. The summed E-state index contributed by atoms with van der Waals surface area (Å²) in [6, 6.07) is 9.10. The topological polar surface area (TPSA) is 77.4 Å². The third kappa shape index (κ3) is 3.86. The normalized spacial score (nSPS) is 16.8. The summed E-state index contributed by atoms with van der Waals surface area (Å²) < 4.78 is 12.2. The number of carbonyl (C=O) groups is 1. The van der Waals surface area contributed by atoms with Gasteiger partial charge in [-0.25, -0.2) is 9.48 Å². The second-order valence-electron chi connectivity index (χ2n) is 5.85. The first kappa shape index (κ1) is 16.3. The van der Waals surface area contributed by atoms with E-state index in [-0.39, 0.29) is 6.03 Å². The van der Waals surface area contributed by atoms with Gasteiger partial charge < -0.3 is 14.8 Å². The second kappa shape index (κ2) is 7.35. The number of urea groups is 1. The number of hydrogen-bond acceptors (Lipinski definition) is 4. The van der Waals surface area contributed by atoms with Gasteiger partial charge in [0, 0.05) is 25.1 Å². The Kier molecular flexibility index (Phi) is 5.00. The van der Waals surface area contributed by atoms with E-state index in [1.807, 2.05) is 37.3 Å². The van der Waals surface area contributed by atoms with E-state index in [2.05, 4.69) is 15.7 Å². The van der Waals surface area contributed by atoms with Crippen molar-refractivity contribution in [3.63, 3.8) is 0 Å². The molecule has 2 aromatic rings. The third-order valence-corrected chi connectivity index (χ3v) is 3.97. The number of nitrogens with zero attached hydrogens (tertiary/aromatic N) is 2. The van der Waals surface area contributed by atoms with Crippen molar-refractivity contribution < 1.29 is 14.3 Å². The van der Waals surface area contributed by atoms with Crippen molar-refractivity contribution in [2.24, 2.45) is 5.92 Å². The van der Waals surface area contributed by atoms with Crippen LogP contribution in [0.1, 0.15) is 12.1 Å². The van der Waals surface area contributed by atoms with Crippen LogP contribution in [0.5, 0.6) is 5.75 Å². The molecular formula is C17H22N4O3. The van der Waals surface area contributed by atoms with Crippen molar-refractivity contribution in [3.8, 4) is 11.4 Å². The molecule has 0 bridgehead atoms. The van der Waals surface area contributed by atoms with Gasteiger partial charge in [0.1, 0.15) is 11.6 Å². The van der Waals surface area contributed by atoms with E-state index in [4.69, 9.17) is 9.47 Å². The van der Waals surface area contributed by atoms with E-state index in [1.165, 1.54) is 0 Å². The summed E-state index contributed by atoms with van der Waals surface area (Å²) in [7, 11) is 1.62. The molecule has 24 heavy (non-hydrogen) atoms. The highest BCUT2D eigenvalue weighted by Gasteiger charge is 2.17. The molecule has 3 rings (SSSR count). The molecule has 0 radical (unpaired) electrons. The van der Waals surface area contributed by atoms with Gasteiger partial charge in [-0.05, 0) is 37.6 Å². The van der Waals surface area contributed by atoms with Crippen LogP contribution in [-0.2, 0) is 4.74 Å². The molecule has 1 unspecified atom stereocenters. The first-order chi connectivity index (χ1) is 11.7. The Balaban J connectivity index is 1.67. The number of rotatable bonds is 5. The molecule has 2 amide bonds. The molecule has 1 fully saturated rings. The van der Waals surface area contributed by atoms with Crippen LogP contribution in [0, 0.1) is 12.8 Å². The van der Waals surface area contributed by atoms with E-state index in [0.717, 1.165) is 30.2 Å². The maximum atomic E-state index is 12.1. The average molecular weight is 330 g/mol. The highest BCUT2D eigenvalue weighted by Crippen LogP contribution is 2.20. The fourth-order valence-electron chi connectivity index (χ4n) is 2.65. The van der Waals surface area contributed by atoms with Crippen LogP contribution in [0.3, 0.4) is 0 Å². The molecule has 0 aliphatic carbocycles. The molecule has 1 saturated heterocycles. The molecule has 1 aromatic heterocycles. The predicted molar refractivity (Wildman–Crippen MR) is 90.8 cm³/mol. The fraction of sp³-hybridized carbons (Fsp3) is 0.412. The maximum Gasteiger partial charge on any atom is 0.320 e. The van der Waals surface area contributed by atoms with Gasteiger partial charge in [-0.15, -0.1) is 0 Å². The van der Waals surface area contributed by atoms with E-state index >= 15 is 0 Å².